The SMILES string of the molecule is O=c1[nH]c(N2CCCCC2)nc2cnn(-c3ccccc3)c12. The van der Waals surface area contributed by atoms with E-state index in [1.54, 1.807) is 10.9 Å². The van der Waals surface area contributed by atoms with Crippen molar-refractivity contribution in [2.75, 3.05) is 18.0 Å². The number of anilines is 1. The largest absolute Gasteiger partial charge is 0.342 e. The molecule has 0 amide bonds. The molecule has 0 radical (unpaired) electrons. The maximum atomic E-state index is 12.5. The van der Waals surface area contributed by atoms with Crippen molar-refractivity contribution in [1.82, 2.24) is 19.7 Å². The molecule has 0 bridgehead atoms. The van der Waals surface area contributed by atoms with E-state index in [0.29, 0.717) is 17.0 Å². The predicted molar refractivity (Wildman–Crippen MR) is 85.5 cm³/mol. The van der Waals surface area contributed by atoms with Gasteiger partial charge in [-0.25, -0.2) is 9.67 Å². The summed E-state index contributed by atoms with van der Waals surface area (Å²) >= 11 is 0. The fraction of sp³-hybridized carbons (Fsp3) is 0.312. The Morgan fingerprint density at radius 3 is 2.59 bits per heavy atom. The highest BCUT2D eigenvalue weighted by Crippen LogP contribution is 2.18. The summed E-state index contributed by atoms with van der Waals surface area (Å²) in [4.78, 5) is 22.2. The maximum Gasteiger partial charge on any atom is 0.278 e. The van der Waals surface area contributed by atoms with E-state index in [-0.39, 0.29) is 5.56 Å². The summed E-state index contributed by atoms with van der Waals surface area (Å²) in [6.07, 6.45) is 5.19. The van der Waals surface area contributed by atoms with Gasteiger partial charge < -0.3 is 4.90 Å². The molecule has 6 nitrogen and oxygen atoms in total. The molecule has 112 valence electrons. The van der Waals surface area contributed by atoms with Gasteiger partial charge >= 0.3 is 0 Å². The van der Waals surface area contributed by atoms with Crippen molar-refractivity contribution < 1.29 is 0 Å². The van der Waals surface area contributed by atoms with Crippen LogP contribution >= 0.6 is 0 Å². The number of piperidine rings is 1. The van der Waals surface area contributed by atoms with E-state index in [2.05, 4.69) is 20.0 Å². The third-order valence-electron chi connectivity index (χ3n) is 4.07. The summed E-state index contributed by atoms with van der Waals surface area (Å²) in [5.74, 6) is 0.657. The Kier molecular flexibility index (Phi) is 3.14. The fourth-order valence-corrected chi connectivity index (χ4v) is 2.96. The van der Waals surface area contributed by atoms with Crippen LogP contribution in [0.15, 0.2) is 41.3 Å². The first kappa shape index (κ1) is 13.1. The topological polar surface area (TPSA) is 66.8 Å². The fourth-order valence-electron chi connectivity index (χ4n) is 2.96. The highest BCUT2D eigenvalue weighted by atomic mass is 16.1. The van der Waals surface area contributed by atoms with Crippen LogP contribution in [0.4, 0.5) is 5.95 Å². The third kappa shape index (κ3) is 2.16. The zero-order valence-corrected chi connectivity index (χ0v) is 12.2. The number of nitrogens with zero attached hydrogens (tertiary/aromatic N) is 4. The molecule has 1 aliphatic heterocycles. The average molecular weight is 295 g/mol. The number of nitrogens with one attached hydrogen (secondary N) is 1. The molecule has 0 unspecified atom stereocenters. The summed E-state index contributed by atoms with van der Waals surface area (Å²) in [5.41, 5.74) is 1.84. The van der Waals surface area contributed by atoms with Crippen LogP contribution in [-0.2, 0) is 0 Å². The quantitative estimate of drug-likeness (QED) is 0.786. The van der Waals surface area contributed by atoms with Crippen LogP contribution in [0, 0.1) is 0 Å². The Morgan fingerprint density at radius 2 is 1.82 bits per heavy atom. The third-order valence-corrected chi connectivity index (χ3v) is 4.07. The highest BCUT2D eigenvalue weighted by Gasteiger charge is 2.17. The molecule has 1 fully saturated rings. The van der Waals surface area contributed by atoms with Gasteiger partial charge in [0.15, 0.2) is 5.52 Å². The van der Waals surface area contributed by atoms with Crippen LogP contribution < -0.4 is 10.5 Å². The number of fused-ring (bicyclic) bond motifs is 1. The minimum absolute atomic E-state index is 0.146. The van der Waals surface area contributed by atoms with Gasteiger partial charge in [0.1, 0.15) is 5.52 Å². The standard InChI is InChI=1S/C16H17N5O/c22-15-14-13(11-17-21(14)12-7-3-1-4-8-12)18-16(19-15)20-9-5-2-6-10-20/h1,3-4,7-8,11H,2,5-6,9-10H2,(H,18,19,22). The Balaban J connectivity index is 1.82. The van der Waals surface area contributed by atoms with Gasteiger partial charge in [0, 0.05) is 13.1 Å². The van der Waals surface area contributed by atoms with Crippen molar-refractivity contribution in [1.29, 1.82) is 0 Å². The van der Waals surface area contributed by atoms with Crippen molar-refractivity contribution in [2.24, 2.45) is 0 Å². The number of hydrogen-bond donors (Lipinski definition) is 1. The zero-order valence-electron chi connectivity index (χ0n) is 12.2. The Hall–Kier alpha value is -2.63. The monoisotopic (exact) mass is 295 g/mol. The first-order valence-corrected chi connectivity index (χ1v) is 7.61. The number of benzene rings is 1. The molecule has 1 aliphatic rings. The van der Waals surface area contributed by atoms with Gasteiger partial charge in [-0.05, 0) is 31.4 Å². The van der Waals surface area contributed by atoms with Gasteiger partial charge in [-0.1, -0.05) is 18.2 Å². The van der Waals surface area contributed by atoms with Crippen LogP contribution in [0.1, 0.15) is 19.3 Å². The van der Waals surface area contributed by atoms with Crippen LogP contribution in [0.5, 0.6) is 0 Å². The lowest BCUT2D eigenvalue weighted by Crippen LogP contribution is -2.32. The molecule has 0 aliphatic carbocycles. The van der Waals surface area contributed by atoms with Crippen LogP contribution in [-0.4, -0.2) is 32.8 Å². The predicted octanol–water partition coefficient (Wildman–Crippen LogP) is 2.10. The summed E-state index contributed by atoms with van der Waals surface area (Å²) in [6, 6.07) is 9.63. The molecule has 22 heavy (non-hydrogen) atoms. The van der Waals surface area contributed by atoms with Gasteiger partial charge in [0.25, 0.3) is 5.56 Å². The first-order valence-electron chi connectivity index (χ1n) is 7.61. The van der Waals surface area contributed by atoms with Gasteiger partial charge in [0.2, 0.25) is 5.95 Å². The normalized spacial score (nSPS) is 15.4. The van der Waals surface area contributed by atoms with Crippen molar-refractivity contribution in [2.45, 2.75) is 19.3 Å². The molecule has 4 rings (SSSR count). The summed E-state index contributed by atoms with van der Waals surface area (Å²) in [6.45, 7) is 1.89. The maximum absolute atomic E-state index is 12.5. The number of aromatic amines is 1. The first-order chi connectivity index (χ1) is 10.8. The molecule has 0 atom stereocenters. The zero-order chi connectivity index (χ0) is 14.9. The molecular weight excluding hydrogens is 278 g/mol. The lowest BCUT2D eigenvalue weighted by atomic mass is 10.1. The number of H-pyrrole nitrogens is 1. The molecule has 6 heteroatoms. The van der Waals surface area contributed by atoms with Gasteiger partial charge in [-0.3, -0.25) is 9.78 Å². The molecule has 3 aromatic rings. The Morgan fingerprint density at radius 1 is 1.05 bits per heavy atom. The molecule has 2 aromatic heterocycles. The molecule has 3 heterocycles. The van der Waals surface area contributed by atoms with E-state index in [1.807, 2.05) is 30.3 Å². The number of hydrogen-bond acceptors (Lipinski definition) is 4. The van der Waals surface area contributed by atoms with Crippen molar-refractivity contribution in [3.63, 3.8) is 0 Å². The van der Waals surface area contributed by atoms with Crippen molar-refractivity contribution >= 4 is 17.0 Å². The average Bonchev–Trinajstić information content (AvgIpc) is 3.01. The number of aromatic nitrogens is 4. The van der Waals surface area contributed by atoms with Crippen LogP contribution in [0.25, 0.3) is 16.7 Å². The summed E-state index contributed by atoms with van der Waals surface area (Å²) in [7, 11) is 0. The molecule has 1 saturated heterocycles. The van der Waals surface area contributed by atoms with E-state index >= 15 is 0 Å². The van der Waals surface area contributed by atoms with Gasteiger partial charge in [0.05, 0.1) is 11.9 Å². The van der Waals surface area contributed by atoms with Crippen LogP contribution in [0.3, 0.4) is 0 Å². The van der Waals surface area contributed by atoms with E-state index in [1.165, 1.54) is 6.42 Å². The lowest BCUT2D eigenvalue weighted by Gasteiger charge is -2.26. The summed E-state index contributed by atoms with van der Waals surface area (Å²) in [5, 5.41) is 4.33. The molecule has 1 N–H and O–H groups in total. The van der Waals surface area contributed by atoms with Crippen molar-refractivity contribution in [3.8, 4) is 5.69 Å². The molecule has 0 saturated carbocycles. The second-order valence-corrected chi connectivity index (χ2v) is 5.56. The second kappa shape index (κ2) is 5.29. The molecule has 1 aromatic carbocycles. The van der Waals surface area contributed by atoms with E-state index in [9.17, 15) is 4.79 Å². The minimum atomic E-state index is -0.146. The summed E-state index contributed by atoms with van der Waals surface area (Å²) < 4.78 is 1.64. The molecule has 0 spiro atoms. The number of rotatable bonds is 2. The van der Waals surface area contributed by atoms with Crippen molar-refractivity contribution in [3.05, 3.63) is 46.9 Å². The molecular formula is C16H17N5O. The Labute approximate surface area is 127 Å². The van der Waals surface area contributed by atoms with Gasteiger partial charge in [-0.2, -0.15) is 5.10 Å². The van der Waals surface area contributed by atoms with Gasteiger partial charge in [-0.15, -0.1) is 0 Å². The smallest absolute Gasteiger partial charge is 0.278 e. The minimum Gasteiger partial charge on any atom is -0.342 e. The highest BCUT2D eigenvalue weighted by molar-refractivity contribution is 5.76. The van der Waals surface area contributed by atoms with E-state index in [4.69, 9.17) is 0 Å². The second-order valence-electron chi connectivity index (χ2n) is 5.56. The Bertz CT molecular complexity index is 846. The van der Waals surface area contributed by atoms with Crippen LogP contribution in [0.2, 0.25) is 0 Å². The lowest BCUT2D eigenvalue weighted by molar-refractivity contribution is 0.568. The number of para-hydroxylation sites is 1. The van der Waals surface area contributed by atoms with E-state index in [0.717, 1.165) is 31.6 Å². The van der Waals surface area contributed by atoms with E-state index < -0.39 is 0 Å².